The summed E-state index contributed by atoms with van der Waals surface area (Å²) in [6, 6.07) is 26.9. The molecule has 36 heavy (non-hydrogen) atoms. The van der Waals surface area contributed by atoms with E-state index in [0.717, 1.165) is 35.2 Å². The molecule has 5 rings (SSSR count). The Morgan fingerprint density at radius 1 is 0.944 bits per heavy atom. The molecule has 1 saturated heterocycles. The number of rotatable bonds is 5. The van der Waals surface area contributed by atoms with Crippen LogP contribution in [0.3, 0.4) is 0 Å². The van der Waals surface area contributed by atoms with Gasteiger partial charge in [-0.15, -0.1) is 0 Å². The SMILES string of the molecule is Cc1ccc(NC(=O)N2CCC(CN3C(=O)C(c4ccccc4)(c4ccccc4)N=C3N)CC2)cc1. The van der Waals surface area contributed by atoms with Gasteiger partial charge in [-0.3, -0.25) is 9.69 Å². The lowest BCUT2D eigenvalue weighted by Crippen LogP contribution is -2.48. The van der Waals surface area contributed by atoms with Gasteiger partial charge in [0.2, 0.25) is 0 Å². The van der Waals surface area contributed by atoms with Gasteiger partial charge in [0.25, 0.3) is 5.91 Å². The molecule has 0 radical (unpaired) electrons. The number of carbonyl (C=O) groups is 2. The molecule has 3 amide bonds. The molecule has 0 saturated carbocycles. The average Bonchev–Trinajstić information content (AvgIpc) is 3.17. The summed E-state index contributed by atoms with van der Waals surface area (Å²) in [6.45, 7) is 3.76. The van der Waals surface area contributed by atoms with Crippen molar-refractivity contribution in [1.29, 1.82) is 0 Å². The number of guanidine groups is 1. The number of carbonyl (C=O) groups excluding carboxylic acids is 2. The van der Waals surface area contributed by atoms with Crippen LogP contribution in [0.25, 0.3) is 0 Å². The monoisotopic (exact) mass is 481 g/mol. The number of amides is 3. The Balaban J connectivity index is 1.27. The summed E-state index contributed by atoms with van der Waals surface area (Å²) in [4.78, 5) is 34.9. The predicted octanol–water partition coefficient (Wildman–Crippen LogP) is 4.34. The minimum atomic E-state index is -1.18. The molecule has 3 N–H and O–H groups in total. The highest BCUT2D eigenvalue weighted by Gasteiger charge is 2.50. The maximum Gasteiger partial charge on any atom is 0.321 e. The molecule has 184 valence electrons. The third-order valence-corrected chi connectivity index (χ3v) is 7.14. The maximum atomic E-state index is 14.0. The maximum absolute atomic E-state index is 14.0. The molecular formula is C29H31N5O2. The van der Waals surface area contributed by atoms with E-state index in [1.807, 2.05) is 96.8 Å². The summed E-state index contributed by atoms with van der Waals surface area (Å²) in [5, 5.41) is 2.97. The second-order valence-corrected chi connectivity index (χ2v) is 9.55. The molecule has 0 unspecified atom stereocenters. The van der Waals surface area contributed by atoms with Crippen LogP contribution >= 0.6 is 0 Å². The first kappa shape index (κ1) is 23.6. The van der Waals surface area contributed by atoms with E-state index in [2.05, 4.69) is 5.32 Å². The van der Waals surface area contributed by atoms with Crippen LogP contribution in [0.2, 0.25) is 0 Å². The Morgan fingerprint density at radius 2 is 1.50 bits per heavy atom. The number of benzene rings is 3. The molecule has 0 aromatic heterocycles. The van der Waals surface area contributed by atoms with Crippen molar-refractivity contribution in [2.45, 2.75) is 25.3 Å². The molecule has 0 atom stereocenters. The molecule has 2 aliphatic rings. The fourth-order valence-electron chi connectivity index (χ4n) is 5.07. The highest BCUT2D eigenvalue weighted by Crippen LogP contribution is 2.40. The van der Waals surface area contributed by atoms with Gasteiger partial charge in [0.1, 0.15) is 0 Å². The second-order valence-electron chi connectivity index (χ2n) is 9.55. The van der Waals surface area contributed by atoms with Crippen LogP contribution in [0, 0.1) is 12.8 Å². The van der Waals surface area contributed by atoms with Gasteiger partial charge in [0.15, 0.2) is 11.5 Å². The standard InChI is InChI=1S/C29H31N5O2/c1-21-12-14-25(15-13-21)31-28(36)33-18-16-22(17-19-33)20-34-26(35)29(32-27(34)30,23-8-4-2-5-9-23)24-10-6-3-7-11-24/h2-15,22H,16-20H2,1H3,(H2,30,32)(H,31,36). The van der Waals surface area contributed by atoms with Crippen molar-refractivity contribution in [3.63, 3.8) is 0 Å². The van der Waals surface area contributed by atoms with Gasteiger partial charge in [-0.1, -0.05) is 78.4 Å². The van der Waals surface area contributed by atoms with Gasteiger partial charge in [-0.05, 0) is 48.9 Å². The first-order valence-corrected chi connectivity index (χ1v) is 12.4. The number of nitrogens with one attached hydrogen (secondary N) is 1. The summed E-state index contributed by atoms with van der Waals surface area (Å²) in [5.74, 6) is 0.345. The molecule has 0 aliphatic carbocycles. The third-order valence-electron chi connectivity index (χ3n) is 7.14. The smallest absolute Gasteiger partial charge is 0.321 e. The van der Waals surface area contributed by atoms with Crippen molar-refractivity contribution >= 4 is 23.6 Å². The number of hydrogen-bond acceptors (Lipinski definition) is 4. The number of hydrogen-bond donors (Lipinski definition) is 2. The van der Waals surface area contributed by atoms with Gasteiger partial charge < -0.3 is 16.0 Å². The van der Waals surface area contributed by atoms with E-state index in [9.17, 15) is 9.59 Å². The van der Waals surface area contributed by atoms with Crippen LogP contribution in [0.1, 0.15) is 29.5 Å². The highest BCUT2D eigenvalue weighted by atomic mass is 16.2. The first-order valence-electron chi connectivity index (χ1n) is 12.4. The first-order chi connectivity index (χ1) is 17.5. The van der Waals surface area contributed by atoms with E-state index in [-0.39, 0.29) is 23.8 Å². The minimum absolute atomic E-state index is 0.0946. The number of aryl methyl sites for hydroxylation is 1. The van der Waals surface area contributed by atoms with E-state index in [1.54, 1.807) is 4.90 Å². The van der Waals surface area contributed by atoms with E-state index in [0.29, 0.717) is 19.6 Å². The lowest BCUT2D eigenvalue weighted by molar-refractivity contribution is -0.130. The molecule has 7 nitrogen and oxygen atoms in total. The third kappa shape index (κ3) is 4.44. The minimum Gasteiger partial charge on any atom is -0.369 e. The summed E-state index contributed by atoms with van der Waals surface area (Å²) < 4.78 is 0. The Kier molecular flexibility index (Phi) is 6.46. The molecule has 2 aliphatic heterocycles. The average molecular weight is 482 g/mol. The van der Waals surface area contributed by atoms with E-state index in [1.165, 1.54) is 0 Å². The van der Waals surface area contributed by atoms with Crippen molar-refractivity contribution in [3.8, 4) is 0 Å². The van der Waals surface area contributed by atoms with E-state index in [4.69, 9.17) is 10.7 Å². The van der Waals surface area contributed by atoms with Crippen molar-refractivity contribution < 1.29 is 9.59 Å². The van der Waals surface area contributed by atoms with Gasteiger partial charge in [0.05, 0.1) is 0 Å². The fraction of sp³-hybridized carbons (Fsp3) is 0.276. The van der Waals surface area contributed by atoms with Crippen molar-refractivity contribution in [2.24, 2.45) is 16.6 Å². The lowest BCUT2D eigenvalue weighted by atomic mass is 9.82. The van der Waals surface area contributed by atoms with Crippen LogP contribution in [-0.2, 0) is 10.3 Å². The summed E-state index contributed by atoms with van der Waals surface area (Å²) in [7, 11) is 0. The van der Waals surface area contributed by atoms with Gasteiger partial charge in [-0.2, -0.15) is 0 Å². The summed E-state index contributed by atoms with van der Waals surface area (Å²) in [6.07, 6.45) is 1.59. The Hall–Kier alpha value is -4.13. The molecule has 3 aromatic rings. The second kappa shape index (κ2) is 9.85. The lowest BCUT2D eigenvalue weighted by Gasteiger charge is -2.34. The summed E-state index contributed by atoms with van der Waals surface area (Å²) >= 11 is 0. The predicted molar refractivity (Wildman–Crippen MR) is 141 cm³/mol. The highest BCUT2D eigenvalue weighted by molar-refractivity contribution is 6.09. The number of likely N-dealkylation sites (tertiary alicyclic amines) is 1. The number of aliphatic imine (C=N–C) groups is 1. The number of nitrogens with two attached hydrogens (primary N) is 1. The number of anilines is 1. The zero-order valence-electron chi connectivity index (χ0n) is 20.4. The van der Waals surface area contributed by atoms with Crippen LogP contribution in [0.5, 0.6) is 0 Å². The normalized spacial score (nSPS) is 17.7. The summed E-state index contributed by atoms with van der Waals surface area (Å²) in [5.41, 5.74) is 8.75. The Morgan fingerprint density at radius 3 is 2.06 bits per heavy atom. The zero-order valence-corrected chi connectivity index (χ0v) is 20.4. The topological polar surface area (TPSA) is 91.0 Å². The van der Waals surface area contributed by atoms with Crippen LogP contribution in [-0.4, -0.2) is 47.3 Å². The van der Waals surface area contributed by atoms with E-state index < -0.39 is 5.54 Å². The van der Waals surface area contributed by atoms with Gasteiger partial charge in [-0.25, -0.2) is 9.79 Å². The molecular weight excluding hydrogens is 450 g/mol. The van der Waals surface area contributed by atoms with Crippen molar-refractivity contribution in [2.75, 3.05) is 25.0 Å². The van der Waals surface area contributed by atoms with Crippen LogP contribution in [0.15, 0.2) is 89.9 Å². The largest absolute Gasteiger partial charge is 0.369 e. The zero-order chi connectivity index (χ0) is 25.1. The molecule has 3 aromatic carbocycles. The number of nitrogens with zero attached hydrogens (tertiary/aromatic N) is 3. The molecule has 2 heterocycles. The quantitative estimate of drug-likeness (QED) is 0.568. The van der Waals surface area contributed by atoms with E-state index >= 15 is 0 Å². The molecule has 7 heteroatoms. The van der Waals surface area contributed by atoms with Crippen molar-refractivity contribution in [3.05, 3.63) is 102 Å². The molecule has 0 spiro atoms. The Labute approximate surface area is 211 Å². The number of piperidine rings is 1. The van der Waals surface area contributed by atoms with Crippen LogP contribution in [0.4, 0.5) is 10.5 Å². The molecule has 1 fully saturated rings. The molecule has 0 bridgehead atoms. The van der Waals surface area contributed by atoms with Crippen molar-refractivity contribution in [1.82, 2.24) is 9.80 Å². The van der Waals surface area contributed by atoms with Crippen LogP contribution < -0.4 is 11.1 Å². The fourth-order valence-corrected chi connectivity index (χ4v) is 5.07. The van der Waals surface area contributed by atoms with Gasteiger partial charge in [0, 0.05) is 25.3 Å². The number of urea groups is 1. The van der Waals surface area contributed by atoms with Gasteiger partial charge >= 0.3 is 6.03 Å². The Bertz CT molecular complexity index is 1210.